The molecule has 0 spiro atoms. The smallest absolute Gasteiger partial charge is 0.256 e. The van der Waals surface area contributed by atoms with E-state index < -0.39 is 0 Å². The van der Waals surface area contributed by atoms with E-state index in [9.17, 15) is 4.79 Å². The second-order valence-electron chi connectivity index (χ2n) is 4.07. The molecule has 0 saturated carbocycles. The van der Waals surface area contributed by atoms with Crippen molar-refractivity contribution in [3.63, 3.8) is 0 Å². The molecule has 1 amide bonds. The summed E-state index contributed by atoms with van der Waals surface area (Å²) in [6.07, 6.45) is 1.64. The number of carbonyl (C=O) groups excluding carboxylic acids is 1. The fraction of sp³-hybridized carbons (Fsp3) is 0.200. The zero-order valence-electron chi connectivity index (χ0n) is 12.2. The van der Waals surface area contributed by atoms with Crippen molar-refractivity contribution in [3.05, 3.63) is 47.9 Å². The Morgan fingerprint density at radius 3 is 2.62 bits per heavy atom. The van der Waals surface area contributed by atoms with Crippen LogP contribution in [0.2, 0.25) is 0 Å². The van der Waals surface area contributed by atoms with Gasteiger partial charge in [-0.05, 0) is 19.1 Å². The lowest BCUT2D eigenvalue weighted by Crippen LogP contribution is -2.12. The van der Waals surface area contributed by atoms with Crippen molar-refractivity contribution in [2.24, 2.45) is 0 Å². The van der Waals surface area contributed by atoms with Gasteiger partial charge in [-0.2, -0.15) is 5.10 Å². The second kappa shape index (κ2) is 6.60. The highest BCUT2D eigenvalue weighted by molar-refractivity contribution is 6.06. The van der Waals surface area contributed by atoms with Crippen LogP contribution in [-0.4, -0.2) is 26.1 Å². The molecule has 2 N–H and O–H groups in total. The lowest BCUT2D eigenvalue weighted by molar-refractivity contribution is 0.102. The van der Waals surface area contributed by atoms with Gasteiger partial charge in [0, 0.05) is 5.56 Å². The molecule has 6 heteroatoms. The summed E-state index contributed by atoms with van der Waals surface area (Å²) in [7, 11) is 0. The topological polar surface area (TPSA) is 83.6 Å². The highest BCUT2D eigenvalue weighted by Crippen LogP contribution is 2.17. The average molecular weight is 283 g/mol. The van der Waals surface area contributed by atoms with Crippen LogP contribution >= 0.6 is 0 Å². The third kappa shape index (κ3) is 3.22. The fourth-order valence-electron chi connectivity index (χ4n) is 1.76. The van der Waals surface area contributed by atoms with Gasteiger partial charge in [-0.1, -0.05) is 32.0 Å². The molecule has 3 aromatic rings. The Kier molecular flexibility index (Phi) is 4.61. The van der Waals surface area contributed by atoms with Gasteiger partial charge in [0.05, 0.1) is 6.20 Å². The number of nitrogens with one attached hydrogen (secondary N) is 2. The van der Waals surface area contributed by atoms with E-state index in [0.717, 1.165) is 0 Å². The predicted molar refractivity (Wildman–Crippen MR) is 82.2 cm³/mol. The van der Waals surface area contributed by atoms with Gasteiger partial charge in [0.1, 0.15) is 16.9 Å². The number of aryl methyl sites for hydroxylation is 1. The van der Waals surface area contributed by atoms with Crippen LogP contribution in [0.3, 0.4) is 0 Å². The van der Waals surface area contributed by atoms with Crippen molar-refractivity contribution in [2.75, 3.05) is 5.32 Å². The van der Waals surface area contributed by atoms with E-state index in [2.05, 4.69) is 25.5 Å². The summed E-state index contributed by atoms with van der Waals surface area (Å²) >= 11 is 0. The maximum Gasteiger partial charge on any atom is 0.256 e. The van der Waals surface area contributed by atoms with E-state index in [-0.39, 0.29) is 5.91 Å². The minimum absolute atomic E-state index is 0.217. The molecule has 6 nitrogen and oxygen atoms in total. The summed E-state index contributed by atoms with van der Waals surface area (Å²) in [6, 6.07) is 8.96. The Balaban J connectivity index is 0.000000774. The van der Waals surface area contributed by atoms with Crippen LogP contribution in [0.15, 0.2) is 36.5 Å². The highest BCUT2D eigenvalue weighted by Gasteiger charge is 2.12. The highest BCUT2D eigenvalue weighted by atomic mass is 16.1. The van der Waals surface area contributed by atoms with Crippen LogP contribution < -0.4 is 5.32 Å². The summed E-state index contributed by atoms with van der Waals surface area (Å²) in [5.74, 6) is 0.823. The minimum atomic E-state index is -0.217. The van der Waals surface area contributed by atoms with Gasteiger partial charge in [-0.3, -0.25) is 9.89 Å². The van der Waals surface area contributed by atoms with Gasteiger partial charge in [-0.15, -0.1) is 0 Å². The van der Waals surface area contributed by atoms with E-state index in [4.69, 9.17) is 0 Å². The largest absolute Gasteiger partial charge is 0.303 e. The van der Waals surface area contributed by atoms with Gasteiger partial charge in [0.15, 0.2) is 5.82 Å². The Hall–Kier alpha value is -2.76. The Morgan fingerprint density at radius 1 is 1.19 bits per heavy atom. The lowest BCUT2D eigenvalue weighted by Gasteiger charge is -2.01. The minimum Gasteiger partial charge on any atom is -0.303 e. The monoisotopic (exact) mass is 283 g/mol. The van der Waals surface area contributed by atoms with Gasteiger partial charge in [0.2, 0.25) is 0 Å². The third-order valence-electron chi connectivity index (χ3n) is 2.69. The predicted octanol–water partition coefficient (Wildman–Crippen LogP) is 2.94. The van der Waals surface area contributed by atoms with Crippen molar-refractivity contribution < 1.29 is 4.79 Å². The number of aromatic amines is 1. The molecular weight excluding hydrogens is 266 g/mol. The number of fused-ring (bicyclic) bond motifs is 1. The number of rotatable bonds is 2. The van der Waals surface area contributed by atoms with Crippen LogP contribution in [-0.2, 0) is 0 Å². The first kappa shape index (κ1) is 14.6. The number of nitrogens with zero attached hydrogens (tertiary/aromatic N) is 3. The third-order valence-corrected chi connectivity index (χ3v) is 2.69. The Morgan fingerprint density at radius 2 is 1.90 bits per heavy atom. The summed E-state index contributed by atoms with van der Waals surface area (Å²) in [4.78, 5) is 20.4. The first-order chi connectivity index (χ1) is 10.2. The molecule has 2 aromatic heterocycles. The van der Waals surface area contributed by atoms with E-state index in [1.165, 1.54) is 0 Å². The van der Waals surface area contributed by atoms with Crippen molar-refractivity contribution in [2.45, 2.75) is 20.8 Å². The van der Waals surface area contributed by atoms with Crippen molar-refractivity contribution in [3.8, 4) is 0 Å². The molecule has 1 aromatic carbocycles. The maximum atomic E-state index is 12.0. The normalized spacial score (nSPS) is 9.86. The standard InChI is InChI=1S/C13H11N5O.C2H6/c1-8-14-7-10-11(15-8)12(18-17-10)16-13(19)9-5-3-2-4-6-9;1-2/h2-7H,1H3,(H2,16,17,18,19);1-2H3. The van der Waals surface area contributed by atoms with Crippen molar-refractivity contribution in [1.82, 2.24) is 20.2 Å². The Bertz CT molecular complexity index is 736. The van der Waals surface area contributed by atoms with Crippen LogP contribution in [0.4, 0.5) is 5.82 Å². The molecule has 0 fully saturated rings. The molecule has 0 unspecified atom stereocenters. The zero-order valence-corrected chi connectivity index (χ0v) is 12.2. The van der Waals surface area contributed by atoms with E-state index in [1.54, 1.807) is 25.3 Å². The number of amides is 1. The molecule has 0 saturated heterocycles. The molecule has 0 aliphatic heterocycles. The van der Waals surface area contributed by atoms with Crippen molar-refractivity contribution >= 4 is 22.8 Å². The van der Waals surface area contributed by atoms with E-state index in [0.29, 0.717) is 28.2 Å². The molecule has 108 valence electrons. The molecule has 0 aliphatic carbocycles. The van der Waals surface area contributed by atoms with Crippen LogP contribution in [0.5, 0.6) is 0 Å². The van der Waals surface area contributed by atoms with Gasteiger partial charge < -0.3 is 5.32 Å². The first-order valence-corrected chi connectivity index (χ1v) is 6.78. The number of hydrogen-bond donors (Lipinski definition) is 2. The maximum absolute atomic E-state index is 12.0. The van der Waals surface area contributed by atoms with Gasteiger partial charge in [-0.25, -0.2) is 9.97 Å². The second-order valence-corrected chi connectivity index (χ2v) is 4.07. The van der Waals surface area contributed by atoms with E-state index in [1.807, 2.05) is 32.0 Å². The molecule has 2 heterocycles. The summed E-state index contributed by atoms with van der Waals surface area (Å²) < 4.78 is 0. The molecule has 3 rings (SSSR count). The summed E-state index contributed by atoms with van der Waals surface area (Å²) in [5, 5.41) is 9.56. The number of hydrogen-bond acceptors (Lipinski definition) is 4. The summed E-state index contributed by atoms with van der Waals surface area (Å²) in [6.45, 7) is 5.79. The fourth-order valence-corrected chi connectivity index (χ4v) is 1.76. The lowest BCUT2D eigenvalue weighted by atomic mass is 10.2. The van der Waals surface area contributed by atoms with Crippen molar-refractivity contribution in [1.29, 1.82) is 0 Å². The summed E-state index contributed by atoms with van der Waals surface area (Å²) in [5.41, 5.74) is 1.87. The quantitative estimate of drug-likeness (QED) is 0.757. The molecule has 0 bridgehead atoms. The molecule has 21 heavy (non-hydrogen) atoms. The molecular formula is C15H17N5O. The van der Waals surface area contributed by atoms with Crippen LogP contribution in [0.25, 0.3) is 11.0 Å². The number of aromatic nitrogens is 4. The number of anilines is 1. The van der Waals surface area contributed by atoms with E-state index >= 15 is 0 Å². The first-order valence-electron chi connectivity index (χ1n) is 6.78. The van der Waals surface area contributed by atoms with Crippen LogP contribution in [0.1, 0.15) is 30.0 Å². The number of benzene rings is 1. The number of carbonyl (C=O) groups is 1. The number of H-pyrrole nitrogens is 1. The molecule has 0 radical (unpaired) electrons. The Labute approximate surface area is 122 Å². The zero-order chi connectivity index (χ0) is 15.2. The molecule has 0 aliphatic rings. The van der Waals surface area contributed by atoms with Gasteiger partial charge >= 0.3 is 0 Å². The van der Waals surface area contributed by atoms with Crippen LogP contribution in [0, 0.1) is 6.92 Å². The molecule has 0 atom stereocenters. The SMILES string of the molecule is CC.Cc1ncc2[nH]nc(NC(=O)c3ccccc3)c2n1. The van der Waals surface area contributed by atoms with Gasteiger partial charge in [0.25, 0.3) is 5.91 Å². The average Bonchev–Trinajstić information content (AvgIpc) is 2.92.